The second-order valence-corrected chi connectivity index (χ2v) is 5.29. The summed E-state index contributed by atoms with van der Waals surface area (Å²) in [4.78, 5) is 0. The van der Waals surface area contributed by atoms with Gasteiger partial charge in [0.25, 0.3) is 0 Å². The van der Waals surface area contributed by atoms with Crippen LogP contribution in [0.15, 0.2) is 0 Å². The molecule has 0 radical (unpaired) electrons. The average Bonchev–Trinajstić information content (AvgIpc) is 2.37. The molecule has 1 atom stereocenters. The molecule has 0 rings (SSSR count). The van der Waals surface area contributed by atoms with Gasteiger partial charge in [-0.1, -0.05) is 13.3 Å². The Labute approximate surface area is 117 Å². The van der Waals surface area contributed by atoms with Crippen molar-refractivity contribution in [1.29, 1.82) is 0 Å². The van der Waals surface area contributed by atoms with Gasteiger partial charge in [0.15, 0.2) is 0 Å². The Morgan fingerprint density at radius 3 is 2.47 bits per heavy atom. The molecule has 0 aromatic heterocycles. The van der Waals surface area contributed by atoms with Crippen LogP contribution in [-0.2, 0) is 14.2 Å². The first-order valence-corrected chi connectivity index (χ1v) is 7.11. The molecular formula is C14H31NO4. The number of aliphatic hydroxyl groups excluding tert-OH is 1. The first-order valence-electron chi connectivity index (χ1n) is 7.11. The third-order valence-corrected chi connectivity index (χ3v) is 2.81. The number of hydrogen-bond acceptors (Lipinski definition) is 5. The second-order valence-electron chi connectivity index (χ2n) is 5.29. The normalized spacial score (nSPS) is 13.7. The molecule has 19 heavy (non-hydrogen) atoms. The molecule has 0 fully saturated rings. The fourth-order valence-electron chi connectivity index (χ4n) is 1.36. The minimum absolute atomic E-state index is 0.215. The van der Waals surface area contributed by atoms with Gasteiger partial charge in [0.05, 0.1) is 31.5 Å². The van der Waals surface area contributed by atoms with E-state index in [1.54, 1.807) is 7.11 Å². The van der Waals surface area contributed by atoms with Crippen LogP contribution in [0, 0.1) is 0 Å². The van der Waals surface area contributed by atoms with E-state index in [2.05, 4.69) is 12.2 Å². The van der Waals surface area contributed by atoms with Crippen molar-refractivity contribution < 1.29 is 19.3 Å². The third-order valence-electron chi connectivity index (χ3n) is 2.81. The van der Waals surface area contributed by atoms with Crippen LogP contribution < -0.4 is 5.32 Å². The summed E-state index contributed by atoms with van der Waals surface area (Å²) in [6.07, 6.45) is 1.73. The maximum absolute atomic E-state index is 9.69. The highest BCUT2D eigenvalue weighted by atomic mass is 16.5. The largest absolute Gasteiger partial charge is 0.389 e. The van der Waals surface area contributed by atoms with Crippen molar-refractivity contribution in [3.05, 3.63) is 0 Å². The van der Waals surface area contributed by atoms with Gasteiger partial charge in [0.2, 0.25) is 0 Å². The lowest BCUT2D eigenvalue weighted by atomic mass is 10.1. The second kappa shape index (κ2) is 11.6. The number of aliphatic hydroxyl groups is 1. The first-order chi connectivity index (χ1) is 9.02. The van der Waals surface area contributed by atoms with Crippen LogP contribution in [0.25, 0.3) is 0 Å². The van der Waals surface area contributed by atoms with Crippen LogP contribution in [0.1, 0.15) is 33.6 Å². The van der Waals surface area contributed by atoms with E-state index in [1.807, 2.05) is 13.8 Å². The topological polar surface area (TPSA) is 60.0 Å². The molecule has 0 aliphatic rings. The Balaban J connectivity index is 3.33. The van der Waals surface area contributed by atoms with E-state index in [4.69, 9.17) is 14.2 Å². The molecule has 0 aromatic carbocycles. The van der Waals surface area contributed by atoms with E-state index < -0.39 is 6.10 Å². The number of nitrogens with one attached hydrogen (secondary N) is 1. The van der Waals surface area contributed by atoms with Crippen molar-refractivity contribution in [3.8, 4) is 0 Å². The highest BCUT2D eigenvalue weighted by Gasteiger charge is 2.16. The maximum Gasteiger partial charge on any atom is 0.0897 e. The van der Waals surface area contributed by atoms with Gasteiger partial charge >= 0.3 is 0 Å². The molecule has 0 aliphatic heterocycles. The van der Waals surface area contributed by atoms with Gasteiger partial charge in [-0.25, -0.2) is 0 Å². The molecule has 116 valence electrons. The summed E-state index contributed by atoms with van der Waals surface area (Å²) in [5.41, 5.74) is -0.215. The van der Waals surface area contributed by atoms with Gasteiger partial charge in [-0.3, -0.25) is 0 Å². The van der Waals surface area contributed by atoms with Gasteiger partial charge in [0, 0.05) is 26.8 Å². The first kappa shape index (κ1) is 18.8. The Hall–Kier alpha value is -0.200. The van der Waals surface area contributed by atoms with E-state index in [-0.39, 0.29) is 5.60 Å². The summed E-state index contributed by atoms with van der Waals surface area (Å²) in [6, 6.07) is 0. The fraction of sp³-hybridized carbons (Fsp3) is 1.00. The van der Waals surface area contributed by atoms with Gasteiger partial charge in [-0.15, -0.1) is 0 Å². The van der Waals surface area contributed by atoms with E-state index in [0.717, 1.165) is 19.4 Å². The minimum Gasteiger partial charge on any atom is -0.389 e. The third kappa shape index (κ3) is 12.6. The summed E-state index contributed by atoms with van der Waals surface area (Å²) >= 11 is 0. The van der Waals surface area contributed by atoms with Crippen LogP contribution in [0.4, 0.5) is 0 Å². The van der Waals surface area contributed by atoms with Gasteiger partial charge in [-0.05, 0) is 20.3 Å². The summed E-state index contributed by atoms with van der Waals surface area (Å²) in [5.74, 6) is 0. The van der Waals surface area contributed by atoms with Gasteiger partial charge < -0.3 is 24.6 Å². The number of ether oxygens (including phenoxy) is 3. The van der Waals surface area contributed by atoms with Crippen LogP contribution in [0.5, 0.6) is 0 Å². The SMILES string of the molecule is CCCCOCCOCC(O)CNCC(C)(C)OC. The Morgan fingerprint density at radius 1 is 1.16 bits per heavy atom. The molecule has 0 saturated carbocycles. The molecule has 0 heterocycles. The van der Waals surface area contributed by atoms with E-state index >= 15 is 0 Å². The molecule has 1 unspecified atom stereocenters. The Bertz CT molecular complexity index is 200. The van der Waals surface area contributed by atoms with E-state index in [9.17, 15) is 5.11 Å². The molecule has 0 aliphatic carbocycles. The number of hydrogen-bond donors (Lipinski definition) is 2. The zero-order chi connectivity index (χ0) is 14.6. The number of unbranched alkanes of at least 4 members (excludes halogenated alkanes) is 1. The lowest BCUT2D eigenvalue weighted by molar-refractivity contribution is -0.00273. The monoisotopic (exact) mass is 277 g/mol. The molecule has 0 spiro atoms. The van der Waals surface area contributed by atoms with Crippen LogP contribution in [-0.4, -0.2) is 63.4 Å². The zero-order valence-electron chi connectivity index (χ0n) is 12.9. The minimum atomic E-state index is -0.497. The molecule has 0 amide bonds. The van der Waals surface area contributed by atoms with Gasteiger partial charge in [-0.2, -0.15) is 0 Å². The standard InChI is InChI=1S/C14H31NO4/c1-5-6-7-18-8-9-19-11-13(16)10-15-12-14(2,3)17-4/h13,15-16H,5-12H2,1-4H3. The lowest BCUT2D eigenvalue weighted by Crippen LogP contribution is -2.41. The predicted octanol–water partition coefficient (Wildman–Crippen LogP) is 1.20. The van der Waals surface area contributed by atoms with Crippen LogP contribution in [0.2, 0.25) is 0 Å². The summed E-state index contributed by atoms with van der Waals surface area (Å²) in [6.45, 7) is 9.57. The highest BCUT2D eigenvalue weighted by Crippen LogP contribution is 2.04. The highest BCUT2D eigenvalue weighted by molar-refractivity contribution is 4.72. The maximum atomic E-state index is 9.69. The smallest absolute Gasteiger partial charge is 0.0897 e. The predicted molar refractivity (Wildman–Crippen MR) is 76.5 cm³/mol. The fourth-order valence-corrected chi connectivity index (χ4v) is 1.36. The quantitative estimate of drug-likeness (QED) is 0.495. The Kier molecular flexibility index (Phi) is 11.5. The lowest BCUT2D eigenvalue weighted by Gasteiger charge is -2.24. The number of methoxy groups -OCH3 is 1. The van der Waals surface area contributed by atoms with Crippen LogP contribution >= 0.6 is 0 Å². The molecule has 5 heteroatoms. The Morgan fingerprint density at radius 2 is 1.84 bits per heavy atom. The van der Waals surface area contributed by atoms with Crippen molar-refractivity contribution in [2.24, 2.45) is 0 Å². The molecule has 0 saturated heterocycles. The molecular weight excluding hydrogens is 246 g/mol. The summed E-state index contributed by atoms with van der Waals surface area (Å²) in [5, 5.41) is 12.8. The van der Waals surface area contributed by atoms with E-state index in [0.29, 0.717) is 32.9 Å². The average molecular weight is 277 g/mol. The zero-order valence-corrected chi connectivity index (χ0v) is 12.9. The summed E-state index contributed by atoms with van der Waals surface area (Å²) in [7, 11) is 1.68. The van der Waals surface area contributed by atoms with Crippen LogP contribution in [0.3, 0.4) is 0 Å². The molecule has 2 N–H and O–H groups in total. The number of rotatable bonds is 13. The van der Waals surface area contributed by atoms with Crippen molar-refractivity contribution >= 4 is 0 Å². The summed E-state index contributed by atoms with van der Waals surface area (Å²) < 4.78 is 16.0. The molecule has 0 aromatic rings. The van der Waals surface area contributed by atoms with Crippen molar-refractivity contribution in [3.63, 3.8) is 0 Å². The van der Waals surface area contributed by atoms with Crippen molar-refractivity contribution in [2.45, 2.75) is 45.3 Å². The molecule has 5 nitrogen and oxygen atoms in total. The van der Waals surface area contributed by atoms with Crippen molar-refractivity contribution in [2.75, 3.05) is 46.6 Å². The van der Waals surface area contributed by atoms with Crippen molar-refractivity contribution in [1.82, 2.24) is 5.32 Å². The van der Waals surface area contributed by atoms with E-state index in [1.165, 1.54) is 0 Å². The van der Waals surface area contributed by atoms with Gasteiger partial charge in [0.1, 0.15) is 0 Å². The molecule has 0 bridgehead atoms.